The second kappa shape index (κ2) is 9.01. The van der Waals surface area contributed by atoms with Crippen LogP contribution in [0.3, 0.4) is 0 Å². The third kappa shape index (κ3) is 5.00. The number of Topliss-reactive ketones (excluding diaryl/α,β-unsaturated/α-hetero) is 1. The van der Waals surface area contributed by atoms with Crippen molar-refractivity contribution in [2.75, 3.05) is 31.1 Å². The highest BCUT2D eigenvalue weighted by molar-refractivity contribution is 6.42. The summed E-state index contributed by atoms with van der Waals surface area (Å²) in [6.07, 6.45) is 0. The molecule has 1 aliphatic heterocycles. The van der Waals surface area contributed by atoms with Crippen LogP contribution in [-0.4, -0.2) is 42.9 Å². The second-order valence-electron chi connectivity index (χ2n) is 7.04. The molecule has 0 aliphatic carbocycles. The summed E-state index contributed by atoms with van der Waals surface area (Å²) in [5.74, 6) is -0.600. The average molecular weight is 438 g/mol. The predicted octanol–water partition coefficient (Wildman–Crippen LogP) is 4.93. The third-order valence-corrected chi connectivity index (χ3v) is 5.78. The zero-order valence-corrected chi connectivity index (χ0v) is 17.7. The zero-order chi connectivity index (χ0) is 21.1. The molecule has 1 N–H and O–H groups in total. The summed E-state index contributed by atoms with van der Waals surface area (Å²) in [4.78, 5) is 27.6. The van der Waals surface area contributed by atoms with E-state index < -0.39 is 5.82 Å². The number of ketones is 1. The number of nitrogens with one attached hydrogen (secondary N) is 1. The molecule has 8 heteroatoms. The van der Waals surface area contributed by atoms with E-state index in [0.29, 0.717) is 47.5 Å². The van der Waals surface area contributed by atoms with Gasteiger partial charge in [0.05, 0.1) is 21.8 Å². The average Bonchev–Trinajstić information content (AvgIpc) is 2.70. The number of rotatable bonds is 4. The highest BCUT2D eigenvalue weighted by atomic mass is 35.5. The van der Waals surface area contributed by atoms with Gasteiger partial charge in [-0.15, -0.1) is 0 Å². The minimum absolute atomic E-state index is 0.173. The van der Waals surface area contributed by atoms with Gasteiger partial charge >= 0.3 is 6.03 Å². The van der Waals surface area contributed by atoms with Gasteiger partial charge in [0, 0.05) is 31.7 Å². The Bertz CT molecular complexity index is 930. The number of anilines is 1. The van der Waals surface area contributed by atoms with E-state index in [1.54, 1.807) is 29.2 Å². The van der Waals surface area contributed by atoms with Crippen LogP contribution in [0.1, 0.15) is 35.8 Å². The van der Waals surface area contributed by atoms with E-state index in [2.05, 4.69) is 5.32 Å². The lowest BCUT2D eigenvalue weighted by Crippen LogP contribution is -2.52. The van der Waals surface area contributed by atoms with Gasteiger partial charge in [0.1, 0.15) is 5.82 Å². The maximum absolute atomic E-state index is 14.4. The Balaban J connectivity index is 1.58. The molecule has 0 spiro atoms. The number of urea groups is 1. The largest absolute Gasteiger partial charge is 0.366 e. The smallest absolute Gasteiger partial charge is 0.317 e. The molecule has 1 fully saturated rings. The van der Waals surface area contributed by atoms with Gasteiger partial charge in [-0.3, -0.25) is 4.79 Å². The monoisotopic (exact) mass is 437 g/mol. The van der Waals surface area contributed by atoms with Crippen molar-refractivity contribution in [1.29, 1.82) is 0 Å². The maximum Gasteiger partial charge on any atom is 0.317 e. The molecule has 1 heterocycles. The fourth-order valence-electron chi connectivity index (χ4n) is 3.27. The van der Waals surface area contributed by atoms with E-state index in [-0.39, 0.29) is 17.9 Å². The lowest BCUT2D eigenvalue weighted by molar-refractivity contribution is 0.101. The number of hydrogen-bond acceptors (Lipinski definition) is 3. The number of amides is 2. The molecular weight excluding hydrogens is 416 g/mol. The summed E-state index contributed by atoms with van der Waals surface area (Å²) >= 11 is 12.0. The van der Waals surface area contributed by atoms with Gasteiger partial charge in [0.2, 0.25) is 0 Å². The van der Waals surface area contributed by atoms with Crippen molar-refractivity contribution >= 4 is 40.7 Å². The van der Waals surface area contributed by atoms with Crippen LogP contribution in [0.25, 0.3) is 0 Å². The first kappa shape index (κ1) is 21.4. The van der Waals surface area contributed by atoms with Gasteiger partial charge in [0.25, 0.3) is 0 Å². The fourth-order valence-corrected chi connectivity index (χ4v) is 3.58. The summed E-state index contributed by atoms with van der Waals surface area (Å²) in [5, 5.41) is 3.86. The molecule has 29 heavy (non-hydrogen) atoms. The summed E-state index contributed by atoms with van der Waals surface area (Å²) in [5.41, 5.74) is 1.65. The summed E-state index contributed by atoms with van der Waals surface area (Å²) in [7, 11) is 0. The first-order chi connectivity index (χ1) is 13.8. The molecule has 0 saturated carbocycles. The number of carbonyl (C=O) groups is 2. The van der Waals surface area contributed by atoms with Crippen LogP contribution in [-0.2, 0) is 0 Å². The normalized spacial score (nSPS) is 15.2. The minimum atomic E-state index is -0.427. The van der Waals surface area contributed by atoms with Gasteiger partial charge in [0.15, 0.2) is 5.78 Å². The van der Waals surface area contributed by atoms with Crippen molar-refractivity contribution < 1.29 is 14.0 Å². The first-order valence-electron chi connectivity index (χ1n) is 9.32. The molecule has 2 aromatic carbocycles. The van der Waals surface area contributed by atoms with Gasteiger partial charge in [-0.2, -0.15) is 0 Å². The van der Waals surface area contributed by atoms with Gasteiger partial charge in [-0.05, 0) is 49.7 Å². The van der Waals surface area contributed by atoms with E-state index >= 15 is 0 Å². The summed E-state index contributed by atoms with van der Waals surface area (Å²) in [6, 6.07) is 9.35. The molecule has 0 bridgehead atoms. The van der Waals surface area contributed by atoms with Crippen LogP contribution in [0, 0.1) is 5.82 Å². The molecule has 0 aromatic heterocycles. The SMILES string of the molecule is CC(=O)c1ccc(N2CCN(C(=O)NC(C)c3ccc(Cl)c(Cl)c3)CC2)c(F)c1. The number of hydrogen-bond donors (Lipinski definition) is 1. The fraction of sp³-hybridized carbons (Fsp3) is 0.333. The second-order valence-corrected chi connectivity index (χ2v) is 7.86. The molecule has 2 aromatic rings. The van der Waals surface area contributed by atoms with Gasteiger partial charge < -0.3 is 15.1 Å². The molecule has 1 unspecified atom stereocenters. The van der Waals surface area contributed by atoms with Crippen LogP contribution < -0.4 is 10.2 Å². The number of benzene rings is 2. The Hall–Kier alpha value is -2.31. The topological polar surface area (TPSA) is 52.7 Å². The van der Waals surface area contributed by atoms with E-state index in [4.69, 9.17) is 23.2 Å². The van der Waals surface area contributed by atoms with Crippen LogP contribution in [0.4, 0.5) is 14.9 Å². The number of carbonyl (C=O) groups excluding carboxylic acids is 2. The minimum Gasteiger partial charge on any atom is -0.366 e. The van der Waals surface area contributed by atoms with Gasteiger partial charge in [-0.25, -0.2) is 9.18 Å². The number of nitrogens with zero attached hydrogens (tertiary/aromatic N) is 2. The Morgan fingerprint density at radius 2 is 1.72 bits per heavy atom. The Labute approximate surface area is 179 Å². The van der Waals surface area contributed by atoms with Crippen LogP contribution in [0.5, 0.6) is 0 Å². The highest BCUT2D eigenvalue weighted by Crippen LogP contribution is 2.26. The Kier molecular flexibility index (Phi) is 6.65. The molecule has 1 atom stereocenters. The molecule has 0 radical (unpaired) electrons. The Morgan fingerprint density at radius 1 is 1.03 bits per heavy atom. The molecule has 1 aliphatic rings. The lowest BCUT2D eigenvalue weighted by Gasteiger charge is -2.36. The predicted molar refractivity (Wildman–Crippen MR) is 114 cm³/mol. The molecular formula is C21H22Cl2FN3O2. The molecule has 5 nitrogen and oxygen atoms in total. The quantitative estimate of drug-likeness (QED) is 0.689. The summed E-state index contributed by atoms with van der Waals surface area (Å²) in [6.45, 7) is 5.22. The highest BCUT2D eigenvalue weighted by Gasteiger charge is 2.24. The van der Waals surface area contributed by atoms with E-state index in [9.17, 15) is 14.0 Å². The van der Waals surface area contributed by atoms with Crippen molar-refractivity contribution in [3.8, 4) is 0 Å². The molecule has 154 valence electrons. The zero-order valence-electron chi connectivity index (χ0n) is 16.2. The van der Waals surface area contributed by atoms with Crippen molar-refractivity contribution in [1.82, 2.24) is 10.2 Å². The summed E-state index contributed by atoms with van der Waals surface area (Å²) < 4.78 is 14.4. The Morgan fingerprint density at radius 3 is 2.31 bits per heavy atom. The van der Waals surface area contributed by atoms with E-state index in [0.717, 1.165) is 5.56 Å². The van der Waals surface area contributed by atoms with Crippen molar-refractivity contribution in [2.45, 2.75) is 19.9 Å². The van der Waals surface area contributed by atoms with E-state index in [1.807, 2.05) is 17.9 Å². The first-order valence-corrected chi connectivity index (χ1v) is 10.1. The van der Waals surface area contributed by atoms with E-state index in [1.165, 1.54) is 13.0 Å². The molecule has 2 amide bonds. The van der Waals surface area contributed by atoms with Gasteiger partial charge in [-0.1, -0.05) is 29.3 Å². The lowest BCUT2D eigenvalue weighted by atomic mass is 10.1. The number of piperazine rings is 1. The third-order valence-electron chi connectivity index (χ3n) is 5.05. The van der Waals surface area contributed by atoms with Crippen molar-refractivity contribution in [3.05, 3.63) is 63.4 Å². The van der Waals surface area contributed by atoms with Crippen LogP contribution in [0.15, 0.2) is 36.4 Å². The van der Waals surface area contributed by atoms with Crippen molar-refractivity contribution in [3.63, 3.8) is 0 Å². The standard InChI is InChI=1S/C21H22Cl2FN3O2/c1-13(15-3-5-17(22)18(23)11-15)25-21(29)27-9-7-26(8-10-27)20-6-4-16(14(2)28)12-19(20)24/h3-6,11-13H,7-10H2,1-2H3,(H,25,29). The molecule has 3 rings (SSSR count). The number of halogens is 3. The van der Waals surface area contributed by atoms with Crippen molar-refractivity contribution in [2.24, 2.45) is 0 Å². The molecule has 1 saturated heterocycles. The van der Waals surface area contributed by atoms with Crippen LogP contribution in [0.2, 0.25) is 10.0 Å². The maximum atomic E-state index is 14.4. The van der Waals surface area contributed by atoms with Crippen LogP contribution >= 0.6 is 23.2 Å².